The maximum Gasteiger partial charge on any atom is 0.312 e. The van der Waals surface area contributed by atoms with Gasteiger partial charge in [0.15, 0.2) is 0 Å². The molecule has 2 rings (SSSR count). The summed E-state index contributed by atoms with van der Waals surface area (Å²) < 4.78 is 0. The summed E-state index contributed by atoms with van der Waals surface area (Å²) in [5.74, 6) is 0.720. The first-order valence-corrected chi connectivity index (χ1v) is 5.77. The largest absolute Gasteiger partial charge is 0.329 e. The topological polar surface area (TPSA) is 32.3 Å². The van der Waals surface area contributed by atoms with Gasteiger partial charge in [-0.15, -0.1) is 0 Å². The molecular formula is C11H19N2O. The highest BCUT2D eigenvalue weighted by Gasteiger charge is 2.30. The van der Waals surface area contributed by atoms with Crippen LogP contribution < -0.4 is 5.32 Å². The number of nitrogens with one attached hydrogen (secondary N) is 1. The second-order valence-corrected chi connectivity index (χ2v) is 4.45. The summed E-state index contributed by atoms with van der Waals surface area (Å²) in [6.45, 7) is 2.74. The van der Waals surface area contributed by atoms with Crippen LogP contribution in [0.2, 0.25) is 0 Å². The fourth-order valence-electron chi connectivity index (χ4n) is 2.78. The van der Waals surface area contributed by atoms with Crippen LogP contribution in [0.3, 0.4) is 0 Å². The monoisotopic (exact) mass is 195 g/mol. The Kier molecular flexibility index (Phi) is 3.40. The lowest BCUT2D eigenvalue weighted by atomic mass is 9.83. The summed E-state index contributed by atoms with van der Waals surface area (Å²) in [7, 11) is 0. The van der Waals surface area contributed by atoms with Gasteiger partial charge in [-0.1, -0.05) is 19.3 Å². The lowest BCUT2D eigenvalue weighted by Crippen LogP contribution is -2.54. The van der Waals surface area contributed by atoms with Crippen LogP contribution in [0.1, 0.15) is 32.1 Å². The Morgan fingerprint density at radius 3 is 2.71 bits per heavy atom. The Morgan fingerprint density at radius 2 is 2.00 bits per heavy atom. The Labute approximate surface area is 85.8 Å². The number of piperazine rings is 1. The number of amides is 1. The highest BCUT2D eigenvalue weighted by atomic mass is 16.1. The van der Waals surface area contributed by atoms with Gasteiger partial charge in [0.05, 0.1) is 0 Å². The van der Waals surface area contributed by atoms with Crippen molar-refractivity contribution in [2.45, 2.75) is 38.1 Å². The molecule has 79 valence electrons. The van der Waals surface area contributed by atoms with E-state index < -0.39 is 0 Å². The molecule has 0 aromatic carbocycles. The molecule has 14 heavy (non-hydrogen) atoms. The van der Waals surface area contributed by atoms with Gasteiger partial charge in [0.1, 0.15) is 0 Å². The van der Waals surface area contributed by atoms with Gasteiger partial charge in [-0.3, -0.25) is 4.79 Å². The van der Waals surface area contributed by atoms with Gasteiger partial charge in [0, 0.05) is 25.7 Å². The molecule has 1 heterocycles. The van der Waals surface area contributed by atoms with Gasteiger partial charge < -0.3 is 10.2 Å². The zero-order chi connectivity index (χ0) is 9.80. The van der Waals surface area contributed by atoms with Gasteiger partial charge in [0.2, 0.25) is 0 Å². The van der Waals surface area contributed by atoms with Gasteiger partial charge in [-0.05, 0) is 18.8 Å². The Bertz CT molecular complexity index is 190. The lowest BCUT2D eigenvalue weighted by molar-refractivity contribution is 0.151. The standard InChI is InChI=1S/C11H19N2O/c14-9-13-7-6-12-8-11(13)10-4-2-1-3-5-10/h10-12H,1-8H2. The van der Waals surface area contributed by atoms with Crippen LogP contribution in [0.5, 0.6) is 0 Å². The molecule has 1 saturated heterocycles. The van der Waals surface area contributed by atoms with E-state index >= 15 is 0 Å². The van der Waals surface area contributed by atoms with Gasteiger partial charge in [-0.2, -0.15) is 0 Å². The molecule has 0 bridgehead atoms. The average Bonchev–Trinajstić information content (AvgIpc) is 2.30. The molecule has 1 atom stereocenters. The lowest BCUT2D eigenvalue weighted by Gasteiger charge is -2.39. The van der Waals surface area contributed by atoms with Crippen LogP contribution in [0.4, 0.5) is 0 Å². The maximum absolute atomic E-state index is 10.8. The van der Waals surface area contributed by atoms with E-state index in [0.717, 1.165) is 25.6 Å². The van der Waals surface area contributed by atoms with Crippen LogP contribution in [0.25, 0.3) is 0 Å². The predicted octanol–water partition coefficient (Wildman–Crippen LogP) is 0.908. The molecule has 1 amide bonds. The van der Waals surface area contributed by atoms with E-state index in [4.69, 9.17) is 0 Å². The first-order chi connectivity index (χ1) is 6.92. The zero-order valence-corrected chi connectivity index (χ0v) is 8.67. The molecule has 0 aromatic heterocycles. The molecule has 0 spiro atoms. The second-order valence-electron chi connectivity index (χ2n) is 4.45. The SMILES string of the molecule is O=[C]N1CCNCC1C1CCCCC1. The quantitative estimate of drug-likeness (QED) is 0.710. The summed E-state index contributed by atoms with van der Waals surface area (Å²) >= 11 is 0. The number of carbonyl (C=O) groups excluding carboxylic acids is 1. The molecular weight excluding hydrogens is 176 g/mol. The van der Waals surface area contributed by atoms with Crippen molar-refractivity contribution in [3.8, 4) is 0 Å². The fourth-order valence-corrected chi connectivity index (χ4v) is 2.78. The van der Waals surface area contributed by atoms with Crippen molar-refractivity contribution >= 4 is 6.41 Å². The highest BCUT2D eigenvalue weighted by Crippen LogP contribution is 2.28. The van der Waals surface area contributed by atoms with Crippen molar-refractivity contribution in [1.29, 1.82) is 0 Å². The van der Waals surface area contributed by atoms with E-state index in [-0.39, 0.29) is 0 Å². The minimum absolute atomic E-state index is 0.418. The van der Waals surface area contributed by atoms with Gasteiger partial charge in [-0.25, -0.2) is 0 Å². The van der Waals surface area contributed by atoms with E-state index in [2.05, 4.69) is 11.7 Å². The summed E-state index contributed by atoms with van der Waals surface area (Å²) in [4.78, 5) is 12.7. The van der Waals surface area contributed by atoms with Crippen molar-refractivity contribution in [3.63, 3.8) is 0 Å². The third kappa shape index (κ3) is 2.08. The van der Waals surface area contributed by atoms with Crippen molar-refractivity contribution < 1.29 is 4.79 Å². The summed E-state index contributed by atoms with van der Waals surface area (Å²) in [6, 6.07) is 0.418. The van der Waals surface area contributed by atoms with E-state index in [1.807, 2.05) is 4.90 Å². The van der Waals surface area contributed by atoms with Crippen LogP contribution in [0, 0.1) is 5.92 Å². The minimum atomic E-state index is 0.418. The molecule has 1 aliphatic heterocycles. The van der Waals surface area contributed by atoms with Crippen molar-refractivity contribution in [2.75, 3.05) is 19.6 Å². The van der Waals surface area contributed by atoms with E-state index in [9.17, 15) is 4.79 Å². The van der Waals surface area contributed by atoms with E-state index in [1.165, 1.54) is 32.1 Å². The van der Waals surface area contributed by atoms with E-state index in [0.29, 0.717) is 6.04 Å². The van der Waals surface area contributed by atoms with Crippen LogP contribution in [0.15, 0.2) is 0 Å². The first kappa shape index (κ1) is 9.97. The minimum Gasteiger partial charge on any atom is -0.329 e. The molecule has 1 N–H and O–H groups in total. The molecule has 3 nitrogen and oxygen atoms in total. The highest BCUT2D eigenvalue weighted by molar-refractivity contribution is 5.49. The van der Waals surface area contributed by atoms with Crippen molar-refractivity contribution in [3.05, 3.63) is 0 Å². The molecule has 1 aliphatic carbocycles. The van der Waals surface area contributed by atoms with Crippen LogP contribution in [-0.4, -0.2) is 37.0 Å². The molecule has 0 aromatic rings. The molecule has 1 radical (unpaired) electrons. The Hall–Kier alpha value is -0.570. The predicted molar refractivity (Wildman–Crippen MR) is 55.6 cm³/mol. The number of hydrogen-bond acceptors (Lipinski definition) is 2. The van der Waals surface area contributed by atoms with Crippen LogP contribution in [-0.2, 0) is 4.79 Å². The fraction of sp³-hybridized carbons (Fsp3) is 0.909. The maximum atomic E-state index is 10.8. The zero-order valence-electron chi connectivity index (χ0n) is 8.67. The molecule has 2 aliphatic rings. The number of hydrogen-bond donors (Lipinski definition) is 1. The van der Waals surface area contributed by atoms with E-state index in [1.54, 1.807) is 0 Å². The van der Waals surface area contributed by atoms with Gasteiger partial charge >= 0.3 is 6.41 Å². The average molecular weight is 195 g/mol. The summed E-state index contributed by atoms with van der Waals surface area (Å²) in [5.41, 5.74) is 0. The summed E-state index contributed by atoms with van der Waals surface area (Å²) in [6.07, 6.45) is 8.75. The van der Waals surface area contributed by atoms with Gasteiger partial charge in [0.25, 0.3) is 0 Å². The van der Waals surface area contributed by atoms with Crippen molar-refractivity contribution in [2.24, 2.45) is 5.92 Å². The molecule has 1 saturated carbocycles. The first-order valence-electron chi connectivity index (χ1n) is 5.77. The Morgan fingerprint density at radius 1 is 1.21 bits per heavy atom. The van der Waals surface area contributed by atoms with Crippen molar-refractivity contribution in [1.82, 2.24) is 10.2 Å². The molecule has 3 heteroatoms. The molecule has 2 fully saturated rings. The Balaban J connectivity index is 1.94. The third-order valence-electron chi connectivity index (χ3n) is 3.59. The normalized spacial score (nSPS) is 30.3. The van der Waals surface area contributed by atoms with Crippen LogP contribution >= 0.6 is 0 Å². The second kappa shape index (κ2) is 4.78. The third-order valence-corrected chi connectivity index (χ3v) is 3.59. The summed E-state index contributed by atoms with van der Waals surface area (Å²) in [5, 5.41) is 3.38. The molecule has 1 unspecified atom stereocenters. The smallest absolute Gasteiger partial charge is 0.312 e. The number of rotatable bonds is 2. The number of nitrogens with zero attached hydrogens (tertiary/aromatic N) is 1.